The Kier molecular flexibility index (Phi) is 5.94. The minimum absolute atomic E-state index is 0.0910. The fourth-order valence-electron chi connectivity index (χ4n) is 5.00. The highest BCUT2D eigenvalue weighted by atomic mass is 32.1. The first-order valence-electron chi connectivity index (χ1n) is 12.9. The molecule has 2 aromatic carbocycles. The van der Waals surface area contributed by atoms with Crippen molar-refractivity contribution in [2.75, 3.05) is 5.32 Å². The number of fused-ring (bicyclic) bond motifs is 2. The number of anilines is 1. The second-order valence-electron chi connectivity index (χ2n) is 9.73. The van der Waals surface area contributed by atoms with Gasteiger partial charge in [-0.3, -0.25) is 14.9 Å². The Bertz CT molecular complexity index is 2000. The standard InChI is InChI=1S/C32H24N6OS/c1-19-10-11-29(40-19)24-8-5-9-27-25(24)15-28(36-27)31-26-14-22(17-34-32(26)38-37-31)21-13-23(18-33-16-21)35-30(39)12-20-6-3-2-4-7-20/h2-11,13-18,36H,12H2,1H3,(H,35,39)(H,34,37,38). The van der Waals surface area contributed by atoms with Gasteiger partial charge in [0.2, 0.25) is 5.91 Å². The average molecular weight is 541 g/mol. The number of nitrogens with one attached hydrogen (secondary N) is 3. The Morgan fingerprint density at radius 1 is 0.900 bits per heavy atom. The van der Waals surface area contributed by atoms with Crippen molar-refractivity contribution in [2.24, 2.45) is 0 Å². The van der Waals surface area contributed by atoms with Crippen LogP contribution in [0.3, 0.4) is 0 Å². The number of pyridine rings is 2. The van der Waals surface area contributed by atoms with Gasteiger partial charge >= 0.3 is 0 Å². The SMILES string of the molecule is Cc1ccc(-c2cccc3[nH]c(-c4[nH]nc5ncc(-c6cncc(NC(=O)Cc7ccccc7)c6)cc45)cc23)s1. The lowest BCUT2D eigenvalue weighted by molar-refractivity contribution is -0.115. The second-order valence-corrected chi connectivity index (χ2v) is 11.0. The molecule has 0 aliphatic rings. The predicted octanol–water partition coefficient (Wildman–Crippen LogP) is 7.39. The van der Waals surface area contributed by atoms with Gasteiger partial charge in [0.05, 0.1) is 29.7 Å². The topological polar surface area (TPSA) is 99.3 Å². The van der Waals surface area contributed by atoms with Gasteiger partial charge in [-0.05, 0) is 48.9 Å². The van der Waals surface area contributed by atoms with Crippen molar-refractivity contribution in [1.82, 2.24) is 25.1 Å². The summed E-state index contributed by atoms with van der Waals surface area (Å²) in [7, 11) is 0. The zero-order chi connectivity index (χ0) is 27.1. The molecule has 40 heavy (non-hydrogen) atoms. The summed E-state index contributed by atoms with van der Waals surface area (Å²) < 4.78 is 0. The minimum atomic E-state index is -0.0910. The Hall–Kier alpha value is -5.08. The van der Waals surface area contributed by atoms with Crippen LogP contribution < -0.4 is 5.32 Å². The molecular formula is C32H24N6OS. The number of aromatic nitrogens is 5. The molecule has 0 spiro atoms. The lowest BCUT2D eigenvalue weighted by atomic mass is 10.1. The third kappa shape index (κ3) is 4.54. The number of rotatable bonds is 6. The molecule has 0 aliphatic heterocycles. The van der Waals surface area contributed by atoms with Crippen LogP contribution in [0.15, 0.2) is 97.5 Å². The number of amides is 1. The van der Waals surface area contributed by atoms with E-state index in [1.54, 1.807) is 29.9 Å². The molecule has 0 atom stereocenters. The molecule has 7 aromatic rings. The summed E-state index contributed by atoms with van der Waals surface area (Å²) in [5.41, 5.74) is 8.04. The number of benzene rings is 2. The van der Waals surface area contributed by atoms with Gasteiger partial charge in [-0.1, -0.05) is 42.5 Å². The van der Waals surface area contributed by atoms with Crippen molar-refractivity contribution in [3.05, 3.63) is 108 Å². The first kappa shape index (κ1) is 24.0. The molecule has 5 heterocycles. The molecule has 3 N–H and O–H groups in total. The summed E-state index contributed by atoms with van der Waals surface area (Å²) in [6.07, 6.45) is 5.50. The van der Waals surface area contributed by atoms with Crippen LogP contribution in [-0.4, -0.2) is 31.1 Å². The van der Waals surface area contributed by atoms with E-state index in [1.165, 1.54) is 15.3 Å². The van der Waals surface area contributed by atoms with Crippen molar-refractivity contribution in [3.8, 4) is 33.0 Å². The summed E-state index contributed by atoms with van der Waals surface area (Å²) >= 11 is 1.79. The van der Waals surface area contributed by atoms with E-state index in [4.69, 9.17) is 0 Å². The molecule has 0 saturated heterocycles. The van der Waals surface area contributed by atoms with Crippen LogP contribution in [0, 0.1) is 6.92 Å². The van der Waals surface area contributed by atoms with E-state index in [0.29, 0.717) is 17.8 Å². The summed E-state index contributed by atoms with van der Waals surface area (Å²) in [5.74, 6) is -0.0910. The first-order valence-corrected chi connectivity index (χ1v) is 13.7. The summed E-state index contributed by atoms with van der Waals surface area (Å²) in [5, 5.41) is 12.7. The van der Waals surface area contributed by atoms with E-state index in [-0.39, 0.29) is 5.91 Å². The van der Waals surface area contributed by atoms with Gasteiger partial charge in [0, 0.05) is 55.1 Å². The van der Waals surface area contributed by atoms with Crippen molar-refractivity contribution >= 4 is 44.9 Å². The van der Waals surface area contributed by atoms with Gasteiger partial charge in [0.25, 0.3) is 0 Å². The maximum absolute atomic E-state index is 12.6. The number of nitrogens with zero attached hydrogens (tertiary/aromatic N) is 3. The van der Waals surface area contributed by atoms with Crippen LogP contribution in [0.5, 0.6) is 0 Å². The molecule has 0 fully saturated rings. The quantitative estimate of drug-likeness (QED) is 0.205. The van der Waals surface area contributed by atoms with Gasteiger partial charge in [-0.15, -0.1) is 11.3 Å². The molecular weight excluding hydrogens is 516 g/mol. The molecule has 194 valence electrons. The van der Waals surface area contributed by atoms with Gasteiger partial charge < -0.3 is 10.3 Å². The molecule has 5 aromatic heterocycles. The highest BCUT2D eigenvalue weighted by Gasteiger charge is 2.15. The minimum Gasteiger partial charge on any atom is -0.353 e. The number of aromatic amines is 2. The van der Waals surface area contributed by atoms with Crippen LogP contribution in [0.2, 0.25) is 0 Å². The fraction of sp³-hybridized carbons (Fsp3) is 0.0625. The molecule has 0 aliphatic carbocycles. The van der Waals surface area contributed by atoms with E-state index in [9.17, 15) is 4.79 Å². The van der Waals surface area contributed by atoms with Crippen LogP contribution in [0.1, 0.15) is 10.4 Å². The highest BCUT2D eigenvalue weighted by Crippen LogP contribution is 2.37. The fourth-order valence-corrected chi connectivity index (χ4v) is 5.91. The zero-order valence-corrected chi connectivity index (χ0v) is 22.4. The summed E-state index contributed by atoms with van der Waals surface area (Å²) in [4.78, 5) is 27.7. The van der Waals surface area contributed by atoms with Crippen LogP contribution in [-0.2, 0) is 11.2 Å². The summed E-state index contributed by atoms with van der Waals surface area (Å²) in [6.45, 7) is 2.13. The molecule has 0 radical (unpaired) electrons. The Morgan fingerprint density at radius 2 is 1.77 bits per heavy atom. The maximum Gasteiger partial charge on any atom is 0.228 e. The van der Waals surface area contributed by atoms with Crippen molar-refractivity contribution in [2.45, 2.75) is 13.3 Å². The lowest BCUT2D eigenvalue weighted by Gasteiger charge is -2.07. The van der Waals surface area contributed by atoms with Crippen LogP contribution in [0.25, 0.3) is 54.9 Å². The zero-order valence-electron chi connectivity index (χ0n) is 21.6. The van der Waals surface area contributed by atoms with E-state index in [0.717, 1.165) is 44.4 Å². The lowest BCUT2D eigenvalue weighted by Crippen LogP contribution is -2.14. The first-order chi connectivity index (χ1) is 19.6. The Morgan fingerprint density at radius 3 is 2.62 bits per heavy atom. The average Bonchev–Trinajstić information content (AvgIpc) is 3.71. The van der Waals surface area contributed by atoms with E-state index >= 15 is 0 Å². The van der Waals surface area contributed by atoms with E-state index in [1.807, 2.05) is 36.4 Å². The number of hydrogen-bond acceptors (Lipinski definition) is 5. The third-order valence-electron chi connectivity index (χ3n) is 6.91. The molecule has 1 amide bonds. The van der Waals surface area contributed by atoms with Crippen molar-refractivity contribution in [3.63, 3.8) is 0 Å². The van der Waals surface area contributed by atoms with Gasteiger partial charge in [-0.2, -0.15) is 5.10 Å². The van der Waals surface area contributed by atoms with Crippen molar-refractivity contribution < 1.29 is 4.79 Å². The summed E-state index contributed by atoms with van der Waals surface area (Å²) in [6, 6.07) is 26.5. The van der Waals surface area contributed by atoms with Gasteiger partial charge in [-0.25, -0.2) is 4.98 Å². The van der Waals surface area contributed by atoms with Gasteiger partial charge in [0.1, 0.15) is 0 Å². The largest absolute Gasteiger partial charge is 0.353 e. The molecule has 7 rings (SSSR count). The predicted molar refractivity (Wildman–Crippen MR) is 161 cm³/mol. The van der Waals surface area contributed by atoms with E-state index in [2.05, 4.69) is 79.9 Å². The maximum atomic E-state index is 12.6. The normalized spacial score (nSPS) is 11.3. The molecule has 0 saturated carbocycles. The highest BCUT2D eigenvalue weighted by molar-refractivity contribution is 7.15. The Labute approximate surface area is 234 Å². The number of H-pyrrole nitrogens is 2. The second kappa shape index (κ2) is 9.91. The monoisotopic (exact) mass is 540 g/mol. The number of carbonyl (C=O) groups is 1. The van der Waals surface area contributed by atoms with Crippen LogP contribution in [0.4, 0.5) is 5.69 Å². The molecule has 7 nitrogen and oxygen atoms in total. The molecule has 0 unspecified atom stereocenters. The smallest absolute Gasteiger partial charge is 0.228 e. The number of carbonyl (C=O) groups excluding carboxylic acids is 1. The van der Waals surface area contributed by atoms with Crippen LogP contribution >= 0.6 is 11.3 Å². The third-order valence-corrected chi connectivity index (χ3v) is 7.95. The molecule has 8 heteroatoms. The molecule has 0 bridgehead atoms. The number of thiophene rings is 1. The van der Waals surface area contributed by atoms with Crippen molar-refractivity contribution in [1.29, 1.82) is 0 Å². The Balaban J connectivity index is 1.21. The number of aryl methyl sites for hydroxylation is 1. The van der Waals surface area contributed by atoms with Gasteiger partial charge in [0.15, 0.2) is 5.65 Å². The van der Waals surface area contributed by atoms with E-state index < -0.39 is 0 Å². The number of hydrogen-bond donors (Lipinski definition) is 3.